The third-order valence-corrected chi connectivity index (χ3v) is 2.87. The third kappa shape index (κ3) is 2.74. The summed E-state index contributed by atoms with van der Waals surface area (Å²) in [4.78, 5) is 12.0. The molecule has 0 heterocycles. The average molecular weight is 243 g/mol. The summed E-state index contributed by atoms with van der Waals surface area (Å²) >= 11 is 0. The number of ketones is 1. The zero-order valence-corrected chi connectivity index (χ0v) is 10.1. The lowest BCUT2D eigenvalue weighted by molar-refractivity contribution is 0.0993. The molecule has 2 rings (SSSR count). The monoisotopic (exact) mass is 243 g/mol. The quantitative estimate of drug-likeness (QED) is 0.664. The van der Waals surface area contributed by atoms with Crippen LogP contribution in [-0.2, 0) is 6.42 Å². The molecule has 3 heteroatoms. The van der Waals surface area contributed by atoms with Crippen molar-refractivity contribution in [1.82, 2.24) is 0 Å². The number of halogens is 1. The maximum absolute atomic E-state index is 12.7. The molecule has 2 aromatic rings. The molecule has 0 unspecified atom stereocenters. The minimum absolute atomic E-state index is 0.00436. The second kappa shape index (κ2) is 5.00. The van der Waals surface area contributed by atoms with Crippen molar-refractivity contribution in [2.75, 3.05) is 5.73 Å². The Morgan fingerprint density at radius 2 is 1.83 bits per heavy atom. The molecule has 0 saturated carbocycles. The molecule has 0 fully saturated rings. The first kappa shape index (κ1) is 12.3. The fraction of sp³-hybridized carbons (Fsp3) is 0.133. The molecule has 2 N–H and O–H groups in total. The molecule has 0 saturated heterocycles. The van der Waals surface area contributed by atoms with Crippen molar-refractivity contribution in [3.63, 3.8) is 0 Å². The number of hydrogen-bond donors (Lipinski definition) is 1. The summed E-state index contributed by atoms with van der Waals surface area (Å²) in [7, 11) is 0. The minimum atomic E-state index is -0.297. The fourth-order valence-corrected chi connectivity index (χ4v) is 1.74. The predicted octanol–water partition coefficient (Wildman–Crippen LogP) is 3.14. The smallest absolute Gasteiger partial charge is 0.167 e. The van der Waals surface area contributed by atoms with Crippen LogP contribution in [0.3, 0.4) is 0 Å². The number of hydrogen-bond acceptors (Lipinski definition) is 2. The summed E-state index contributed by atoms with van der Waals surface area (Å²) in [6, 6.07) is 11.2. The number of nitrogen functional groups attached to an aromatic ring is 1. The van der Waals surface area contributed by atoms with Gasteiger partial charge in [0.1, 0.15) is 5.82 Å². The highest BCUT2D eigenvalue weighted by Gasteiger charge is 2.08. The van der Waals surface area contributed by atoms with E-state index in [-0.39, 0.29) is 18.0 Å². The Bertz CT molecular complexity index is 576. The maximum atomic E-state index is 12.7. The standard InChI is InChI=1S/C15H14FNO/c1-10-8-12(4-7-14(10)17)15(18)9-11-2-5-13(16)6-3-11/h2-8H,9,17H2,1H3. The topological polar surface area (TPSA) is 43.1 Å². The van der Waals surface area contributed by atoms with E-state index in [1.165, 1.54) is 12.1 Å². The highest BCUT2D eigenvalue weighted by molar-refractivity contribution is 5.98. The van der Waals surface area contributed by atoms with E-state index in [1.54, 1.807) is 30.3 Å². The Morgan fingerprint density at radius 3 is 2.44 bits per heavy atom. The second-order valence-corrected chi connectivity index (χ2v) is 4.30. The molecule has 2 aromatic carbocycles. The van der Waals surface area contributed by atoms with Crippen molar-refractivity contribution in [2.24, 2.45) is 0 Å². The van der Waals surface area contributed by atoms with Crippen LogP contribution >= 0.6 is 0 Å². The van der Waals surface area contributed by atoms with Gasteiger partial charge < -0.3 is 5.73 Å². The van der Waals surface area contributed by atoms with Crippen molar-refractivity contribution in [2.45, 2.75) is 13.3 Å². The summed E-state index contributed by atoms with van der Waals surface area (Å²) in [5, 5.41) is 0. The van der Waals surface area contributed by atoms with Crippen LogP contribution < -0.4 is 5.73 Å². The summed E-state index contributed by atoms with van der Waals surface area (Å²) in [5.74, 6) is -0.292. The van der Waals surface area contributed by atoms with E-state index in [0.29, 0.717) is 11.3 Å². The summed E-state index contributed by atoms with van der Waals surface area (Å²) in [6.07, 6.45) is 0.267. The van der Waals surface area contributed by atoms with Gasteiger partial charge in [0.05, 0.1) is 0 Å². The first-order valence-electron chi connectivity index (χ1n) is 5.70. The van der Waals surface area contributed by atoms with Crippen LogP contribution in [0.2, 0.25) is 0 Å². The number of aryl methyl sites for hydroxylation is 1. The molecular formula is C15H14FNO. The van der Waals surface area contributed by atoms with Gasteiger partial charge in [-0.2, -0.15) is 0 Å². The molecule has 92 valence electrons. The van der Waals surface area contributed by atoms with Gasteiger partial charge in [-0.15, -0.1) is 0 Å². The Balaban J connectivity index is 2.16. The van der Waals surface area contributed by atoms with Crippen LogP contribution in [0.5, 0.6) is 0 Å². The van der Waals surface area contributed by atoms with Gasteiger partial charge >= 0.3 is 0 Å². The van der Waals surface area contributed by atoms with Gasteiger partial charge in [0.15, 0.2) is 5.78 Å². The van der Waals surface area contributed by atoms with Crippen molar-refractivity contribution >= 4 is 11.5 Å². The van der Waals surface area contributed by atoms with E-state index in [9.17, 15) is 9.18 Å². The fourth-order valence-electron chi connectivity index (χ4n) is 1.74. The minimum Gasteiger partial charge on any atom is -0.399 e. The molecule has 0 amide bonds. The molecular weight excluding hydrogens is 229 g/mol. The molecule has 2 nitrogen and oxygen atoms in total. The van der Waals surface area contributed by atoms with Crippen molar-refractivity contribution < 1.29 is 9.18 Å². The number of Topliss-reactive ketones (excluding diaryl/α,β-unsaturated/α-hetero) is 1. The largest absolute Gasteiger partial charge is 0.399 e. The van der Waals surface area contributed by atoms with Gasteiger partial charge in [-0.3, -0.25) is 4.79 Å². The third-order valence-electron chi connectivity index (χ3n) is 2.87. The molecule has 0 aliphatic heterocycles. The first-order chi connectivity index (χ1) is 8.56. The van der Waals surface area contributed by atoms with Crippen LogP contribution in [0, 0.1) is 12.7 Å². The molecule has 0 spiro atoms. The lowest BCUT2D eigenvalue weighted by Crippen LogP contribution is -2.04. The second-order valence-electron chi connectivity index (χ2n) is 4.30. The van der Waals surface area contributed by atoms with Crippen LogP contribution in [0.4, 0.5) is 10.1 Å². The summed E-state index contributed by atoms with van der Waals surface area (Å²) in [5.41, 5.74) is 8.70. The van der Waals surface area contributed by atoms with Gasteiger partial charge in [0, 0.05) is 17.7 Å². The molecule has 0 aromatic heterocycles. The SMILES string of the molecule is Cc1cc(C(=O)Cc2ccc(F)cc2)ccc1N. The van der Waals surface area contributed by atoms with E-state index in [2.05, 4.69) is 0 Å². The molecule has 18 heavy (non-hydrogen) atoms. The van der Waals surface area contributed by atoms with E-state index < -0.39 is 0 Å². The van der Waals surface area contributed by atoms with Crippen molar-refractivity contribution in [3.05, 3.63) is 65.0 Å². The van der Waals surface area contributed by atoms with Gasteiger partial charge in [0.2, 0.25) is 0 Å². The highest BCUT2D eigenvalue weighted by Crippen LogP contribution is 2.15. The molecule has 0 aliphatic rings. The van der Waals surface area contributed by atoms with E-state index in [0.717, 1.165) is 11.1 Å². The van der Waals surface area contributed by atoms with Crippen LogP contribution in [0.25, 0.3) is 0 Å². The normalized spacial score (nSPS) is 10.3. The summed E-state index contributed by atoms with van der Waals surface area (Å²) in [6.45, 7) is 1.87. The van der Waals surface area contributed by atoms with Crippen LogP contribution in [0.1, 0.15) is 21.5 Å². The highest BCUT2D eigenvalue weighted by atomic mass is 19.1. The Kier molecular flexibility index (Phi) is 3.42. The van der Waals surface area contributed by atoms with Gasteiger partial charge in [-0.25, -0.2) is 4.39 Å². The van der Waals surface area contributed by atoms with Gasteiger partial charge in [-0.05, 0) is 48.4 Å². The van der Waals surface area contributed by atoms with E-state index in [1.807, 2.05) is 6.92 Å². The van der Waals surface area contributed by atoms with Crippen molar-refractivity contribution in [1.29, 1.82) is 0 Å². The number of benzene rings is 2. The number of carbonyl (C=O) groups excluding carboxylic acids is 1. The zero-order valence-electron chi connectivity index (χ0n) is 10.1. The van der Waals surface area contributed by atoms with Gasteiger partial charge in [-0.1, -0.05) is 12.1 Å². The lowest BCUT2D eigenvalue weighted by Gasteiger charge is -2.05. The molecule has 0 aliphatic carbocycles. The molecule has 0 bridgehead atoms. The van der Waals surface area contributed by atoms with Crippen LogP contribution in [-0.4, -0.2) is 5.78 Å². The Hall–Kier alpha value is -2.16. The Morgan fingerprint density at radius 1 is 1.17 bits per heavy atom. The van der Waals surface area contributed by atoms with E-state index in [4.69, 9.17) is 5.73 Å². The van der Waals surface area contributed by atoms with Gasteiger partial charge in [0.25, 0.3) is 0 Å². The van der Waals surface area contributed by atoms with Crippen molar-refractivity contribution in [3.8, 4) is 0 Å². The maximum Gasteiger partial charge on any atom is 0.167 e. The lowest BCUT2D eigenvalue weighted by atomic mass is 10.0. The predicted molar refractivity (Wildman–Crippen MR) is 70.0 cm³/mol. The first-order valence-corrected chi connectivity index (χ1v) is 5.70. The number of carbonyl (C=O) groups is 1. The molecule has 0 radical (unpaired) electrons. The number of rotatable bonds is 3. The number of anilines is 1. The zero-order chi connectivity index (χ0) is 13.1. The van der Waals surface area contributed by atoms with Crippen LogP contribution in [0.15, 0.2) is 42.5 Å². The summed E-state index contributed by atoms with van der Waals surface area (Å²) < 4.78 is 12.7. The average Bonchev–Trinajstić information content (AvgIpc) is 2.35. The number of nitrogens with two attached hydrogens (primary N) is 1. The molecule has 0 atom stereocenters. The Labute approximate surface area is 105 Å². The van der Waals surface area contributed by atoms with E-state index >= 15 is 0 Å².